The van der Waals surface area contributed by atoms with Crippen LogP contribution in [0.25, 0.3) is 0 Å². The van der Waals surface area contributed by atoms with Crippen molar-refractivity contribution in [3.63, 3.8) is 0 Å². The van der Waals surface area contributed by atoms with Crippen LogP contribution >= 0.6 is 11.6 Å². The average Bonchev–Trinajstić information content (AvgIpc) is 2.42. The second kappa shape index (κ2) is 6.64. The lowest BCUT2D eigenvalue weighted by atomic mass is 9.75. The van der Waals surface area contributed by atoms with Crippen LogP contribution in [0.15, 0.2) is 18.2 Å². The standard InChI is InChI=1S/C17H26ClFN2/c1-17(2)9-7-12(8-10-17)21(3)15(11-20)16-13(18)5-4-6-14(16)19/h4-6,12,15H,7-11,20H2,1-3H3. The second-order valence-electron chi connectivity index (χ2n) is 6.95. The average molecular weight is 313 g/mol. The third kappa shape index (κ3) is 3.77. The summed E-state index contributed by atoms with van der Waals surface area (Å²) in [6.07, 6.45) is 4.66. The van der Waals surface area contributed by atoms with Gasteiger partial charge in [-0.3, -0.25) is 4.90 Å². The van der Waals surface area contributed by atoms with Crippen LogP contribution in [0.1, 0.15) is 51.1 Å². The number of rotatable bonds is 4. The van der Waals surface area contributed by atoms with Crippen LogP contribution in [0.4, 0.5) is 4.39 Å². The highest BCUT2D eigenvalue weighted by Gasteiger charge is 2.32. The fourth-order valence-electron chi connectivity index (χ4n) is 3.36. The molecule has 1 unspecified atom stereocenters. The van der Waals surface area contributed by atoms with Gasteiger partial charge in [0.05, 0.1) is 6.04 Å². The van der Waals surface area contributed by atoms with Gasteiger partial charge in [-0.25, -0.2) is 4.39 Å². The van der Waals surface area contributed by atoms with Gasteiger partial charge in [0.2, 0.25) is 0 Å². The molecule has 0 radical (unpaired) electrons. The molecule has 1 aromatic carbocycles. The first-order chi connectivity index (χ1) is 9.85. The van der Waals surface area contributed by atoms with Crippen LogP contribution in [0.3, 0.4) is 0 Å². The molecule has 2 nitrogen and oxygen atoms in total. The summed E-state index contributed by atoms with van der Waals surface area (Å²) in [5, 5.41) is 0.466. The first-order valence-electron chi connectivity index (χ1n) is 7.71. The summed E-state index contributed by atoms with van der Waals surface area (Å²) in [5.74, 6) is -0.263. The van der Waals surface area contributed by atoms with Crippen molar-refractivity contribution in [1.29, 1.82) is 0 Å². The van der Waals surface area contributed by atoms with E-state index in [0.717, 1.165) is 12.8 Å². The Balaban J connectivity index is 2.18. The number of hydrogen-bond acceptors (Lipinski definition) is 2. The normalized spacial score (nSPS) is 20.7. The summed E-state index contributed by atoms with van der Waals surface area (Å²) in [7, 11) is 2.04. The van der Waals surface area contributed by atoms with Crippen LogP contribution in [-0.4, -0.2) is 24.5 Å². The van der Waals surface area contributed by atoms with Gasteiger partial charge in [-0.05, 0) is 50.3 Å². The Labute approximate surface area is 132 Å². The van der Waals surface area contributed by atoms with Crippen molar-refractivity contribution in [2.24, 2.45) is 11.1 Å². The molecule has 1 atom stereocenters. The van der Waals surface area contributed by atoms with Gasteiger partial charge < -0.3 is 5.73 Å². The quantitative estimate of drug-likeness (QED) is 0.894. The van der Waals surface area contributed by atoms with Crippen LogP contribution in [0.5, 0.6) is 0 Å². The van der Waals surface area contributed by atoms with Crippen molar-refractivity contribution in [1.82, 2.24) is 4.90 Å². The summed E-state index contributed by atoms with van der Waals surface area (Å²) in [4.78, 5) is 2.22. The molecule has 0 saturated heterocycles. The van der Waals surface area contributed by atoms with Gasteiger partial charge in [-0.2, -0.15) is 0 Å². The number of halogens is 2. The van der Waals surface area contributed by atoms with E-state index in [9.17, 15) is 4.39 Å². The molecule has 1 fully saturated rings. The largest absolute Gasteiger partial charge is 0.329 e. The minimum Gasteiger partial charge on any atom is -0.329 e. The van der Waals surface area contributed by atoms with Crippen LogP contribution in [-0.2, 0) is 0 Å². The minimum atomic E-state index is -0.263. The lowest BCUT2D eigenvalue weighted by Crippen LogP contribution is -2.42. The summed E-state index contributed by atoms with van der Waals surface area (Å²) >= 11 is 6.21. The fraction of sp³-hybridized carbons (Fsp3) is 0.647. The van der Waals surface area contributed by atoms with Crippen LogP contribution < -0.4 is 5.73 Å². The minimum absolute atomic E-state index is 0.162. The lowest BCUT2D eigenvalue weighted by Gasteiger charge is -2.41. The maximum absolute atomic E-state index is 14.2. The monoisotopic (exact) mass is 312 g/mol. The van der Waals surface area contributed by atoms with E-state index in [4.69, 9.17) is 17.3 Å². The Kier molecular flexibility index (Phi) is 5.29. The molecule has 2 N–H and O–H groups in total. The smallest absolute Gasteiger partial charge is 0.129 e. The van der Waals surface area contributed by atoms with Gasteiger partial charge in [-0.1, -0.05) is 31.5 Å². The van der Waals surface area contributed by atoms with Crippen molar-refractivity contribution in [3.8, 4) is 0 Å². The predicted molar refractivity (Wildman–Crippen MR) is 87.0 cm³/mol. The van der Waals surface area contributed by atoms with Crippen molar-refractivity contribution in [2.45, 2.75) is 51.6 Å². The highest BCUT2D eigenvalue weighted by molar-refractivity contribution is 6.31. The Hall–Kier alpha value is -0.640. The molecule has 0 amide bonds. The summed E-state index contributed by atoms with van der Waals surface area (Å²) < 4.78 is 14.2. The van der Waals surface area contributed by atoms with E-state index >= 15 is 0 Å². The topological polar surface area (TPSA) is 29.3 Å². The Morgan fingerprint density at radius 1 is 1.38 bits per heavy atom. The van der Waals surface area contributed by atoms with Gasteiger partial charge >= 0.3 is 0 Å². The predicted octanol–water partition coefficient (Wildman–Crippen LogP) is 4.38. The molecule has 0 aliphatic heterocycles. The van der Waals surface area contributed by atoms with Gasteiger partial charge in [0.15, 0.2) is 0 Å². The molecule has 1 aliphatic carbocycles. The molecule has 118 valence electrons. The molecule has 0 aromatic heterocycles. The van der Waals surface area contributed by atoms with E-state index in [1.807, 2.05) is 7.05 Å². The second-order valence-corrected chi connectivity index (χ2v) is 7.35. The maximum Gasteiger partial charge on any atom is 0.129 e. The van der Waals surface area contributed by atoms with E-state index in [1.165, 1.54) is 18.9 Å². The summed E-state index contributed by atoms with van der Waals surface area (Å²) in [6.45, 7) is 5.01. The fourth-order valence-corrected chi connectivity index (χ4v) is 3.65. The van der Waals surface area contributed by atoms with Crippen molar-refractivity contribution in [2.75, 3.05) is 13.6 Å². The summed E-state index contributed by atoms with van der Waals surface area (Å²) in [5.41, 5.74) is 6.89. The van der Waals surface area contributed by atoms with Crippen molar-refractivity contribution >= 4 is 11.6 Å². The molecule has 0 bridgehead atoms. The highest BCUT2D eigenvalue weighted by Crippen LogP contribution is 2.39. The van der Waals surface area contributed by atoms with Gasteiger partial charge in [0, 0.05) is 23.2 Å². The zero-order chi connectivity index (χ0) is 15.6. The number of benzene rings is 1. The Bertz CT molecular complexity index is 459. The van der Waals surface area contributed by atoms with E-state index in [-0.39, 0.29) is 11.9 Å². The maximum atomic E-state index is 14.2. The number of nitrogens with zero attached hydrogens (tertiary/aromatic N) is 1. The molecule has 1 aliphatic rings. The van der Waals surface area contributed by atoms with E-state index < -0.39 is 0 Å². The van der Waals surface area contributed by atoms with Gasteiger partial charge in [0.25, 0.3) is 0 Å². The molecule has 21 heavy (non-hydrogen) atoms. The molecular weight excluding hydrogens is 287 g/mol. The Morgan fingerprint density at radius 3 is 2.52 bits per heavy atom. The van der Waals surface area contributed by atoms with E-state index in [2.05, 4.69) is 18.7 Å². The van der Waals surface area contributed by atoms with Crippen LogP contribution in [0, 0.1) is 11.2 Å². The molecule has 0 spiro atoms. The molecule has 0 heterocycles. The molecule has 1 aromatic rings. The number of hydrogen-bond donors (Lipinski definition) is 1. The Morgan fingerprint density at radius 2 is 2.00 bits per heavy atom. The molecule has 1 saturated carbocycles. The SMILES string of the molecule is CN(C1CCC(C)(C)CC1)C(CN)c1c(F)cccc1Cl. The third-order valence-electron chi connectivity index (χ3n) is 4.93. The lowest BCUT2D eigenvalue weighted by molar-refractivity contribution is 0.0953. The van der Waals surface area contributed by atoms with E-state index in [0.29, 0.717) is 28.6 Å². The molecular formula is C17H26ClFN2. The molecule has 4 heteroatoms. The van der Waals surface area contributed by atoms with Crippen molar-refractivity contribution < 1.29 is 4.39 Å². The third-order valence-corrected chi connectivity index (χ3v) is 5.26. The first-order valence-corrected chi connectivity index (χ1v) is 8.09. The molecule has 2 rings (SSSR count). The summed E-state index contributed by atoms with van der Waals surface area (Å²) in [6, 6.07) is 5.12. The van der Waals surface area contributed by atoms with E-state index in [1.54, 1.807) is 12.1 Å². The van der Waals surface area contributed by atoms with Gasteiger partial charge in [-0.15, -0.1) is 0 Å². The zero-order valence-electron chi connectivity index (χ0n) is 13.2. The van der Waals surface area contributed by atoms with Crippen LogP contribution in [0.2, 0.25) is 5.02 Å². The number of likely N-dealkylation sites (N-methyl/N-ethyl adjacent to an activating group) is 1. The first kappa shape index (κ1) is 16.7. The van der Waals surface area contributed by atoms with Gasteiger partial charge in [0.1, 0.15) is 5.82 Å². The zero-order valence-corrected chi connectivity index (χ0v) is 14.0. The highest BCUT2D eigenvalue weighted by atomic mass is 35.5. The number of nitrogens with two attached hydrogens (primary N) is 1. The van der Waals surface area contributed by atoms with Crippen molar-refractivity contribution in [3.05, 3.63) is 34.6 Å².